The third-order valence-corrected chi connectivity index (χ3v) is 20.6. The topological polar surface area (TPSA) is 399 Å². The van der Waals surface area contributed by atoms with Crippen molar-refractivity contribution < 1.29 is 126 Å². The average molecular weight is 1210 g/mol. The van der Waals surface area contributed by atoms with Crippen molar-refractivity contribution >= 4 is 10.4 Å². The highest BCUT2D eigenvalue weighted by atomic mass is 32.3. The van der Waals surface area contributed by atoms with Gasteiger partial charge in [0.05, 0.1) is 49.3 Å². The quantitative estimate of drug-likeness (QED) is 0.0610. The van der Waals surface area contributed by atoms with Gasteiger partial charge >= 0.3 is 10.4 Å². The minimum absolute atomic E-state index is 0.0340. The van der Waals surface area contributed by atoms with Gasteiger partial charge in [-0.25, -0.2) is 4.18 Å². The maximum Gasteiger partial charge on any atom is 0.397 e. The Bertz CT molecular complexity index is 2350. The van der Waals surface area contributed by atoms with Crippen LogP contribution in [0.25, 0.3) is 0 Å². The molecule has 0 unspecified atom stereocenters. The van der Waals surface area contributed by atoms with Crippen LogP contribution < -0.4 is 0 Å². The summed E-state index contributed by atoms with van der Waals surface area (Å²) >= 11 is 0. The van der Waals surface area contributed by atoms with Crippen LogP contribution in [0.3, 0.4) is 0 Å². The van der Waals surface area contributed by atoms with Gasteiger partial charge in [0.15, 0.2) is 31.5 Å². The van der Waals surface area contributed by atoms with Crippen LogP contribution in [0.5, 0.6) is 0 Å². The normalized spacial score (nSPS) is 51.8. The Hall–Kier alpha value is -1.53. The molecule has 5 heterocycles. The van der Waals surface area contributed by atoms with Gasteiger partial charge in [-0.1, -0.05) is 51.5 Å². The van der Waals surface area contributed by atoms with Gasteiger partial charge in [-0.3, -0.25) is 4.55 Å². The molecule has 478 valence electrons. The average Bonchev–Trinajstić information content (AvgIpc) is 1.90. The van der Waals surface area contributed by atoms with Crippen LogP contribution >= 0.6 is 0 Å². The first-order chi connectivity index (χ1) is 38.8. The Balaban J connectivity index is 0.973. The summed E-state index contributed by atoms with van der Waals surface area (Å²) in [4.78, 5) is 0. The molecule has 9 aliphatic rings. The number of allylic oxidation sites excluding steroid dienone is 2. The smallest absolute Gasteiger partial charge is 0.393 e. The molecule has 0 radical (unpaired) electrons. The zero-order valence-corrected chi connectivity index (χ0v) is 49.2. The van der Waals surface area contributed by atoms with E-state index < -0.39 is 194 Å². The second kappa shape index (κ2) is 25.8. The minimum Gasteiger partial charge on any atom is -0.393 e. The van der Waals surface area contributed by atoms with E-state index in [0.29, 0.717) is 38.0 Å². The first-order valence-corrected chi connectivity index (χ1v) is 30.9. The van der Waals surface area contributed by atoms with Gasteiger partial charge in [-0.2, -0.15) is 8.42 Å². The molecule has 0 amide bonds. The lowest BCUT2D eigenvalue weighted by Gasteiger charge is -2.59. The molecule has 3 saturated carbocycles. The van der Waals surface area contributed by atoms with Crippen LogP contribution in [-0.2, 0) is 62.0 Å². The van der Waals surface area contributed by atoms with E-state index >= 15 is 0 Å². The van der Waals surface area contributed by atoms with Crippen LogP contribution in [0.15, 0.2) is 23.8 Å². The van der Waals surface area contributed by atoms with Crippen LogP contribution in [0.4, 0.5) is 0 Å². The molecule has 0 aromatic rings. The van der Waals surface area contributed by atoms with Crippen molar-refractivity contribution in [2.45, 2.75) is 279 Å². The molecule has 27 heteroatoms. The van der Waals surface area contributed by atoms with Crippen molar-refractivity contribution in [3.8, 4) is 0 Å². The maximum atomic E-state index is 12.4. The molecule has 0 bridgehead atoms. The van der Waals surface area contributed by atoms with Gasteiger partial charge < -0.3 is 109 Å². The first-order valence-electron chi connectivity index (χ1n) is 29.5. The predicted octanol–water partition coefficient (Wildman–Crippen LogP) is -1.05. The highest BCUT2D eigenvalue weighted by Crippen LogP contribution is 2.67. The molecule has 0 aromatic carbocycles. The Morgan fingerprint density at radius 1 is 0.614 bits per heavy atom. The Morgan fingerprint density at radius 3 is 1.71 bits per heavy atom. The van der Waals surface area contributed by atoms with Crippen molar-refractivity contribution in [3.63, 3.8) is 0 Å². The number of aliphatic hydroxyl groups is 12. The molecule has 33 atom stereocenters. The second-order valence-electron chi connectivity index (χ2n) is 26.1. The molecule has 0 spiro atoms. The van der Waals surface area contributed by atoms with Crippen LogP contribution in [-0.4, -0.2) is 247 Å². The van der Waals surface area contributed by atoms with Crippen molar-refractivity contribution in [2.75, 3.05) is 6.61 Å². The van der Waals surface area contributed by atoms with E-state index in [0.717, 1.165) is 24.8 Å². The van der Waals surface area contributed by atoms with Crippen molar-refractivity contribution in [3.05, 3.63) is 23.8 Å². The summed E-state index contributed by atoms with van der Waals surface area (Å²) in [5, 5.41) is 134. The van der Waals surface area contributed by atoms with E-state index in [1.807, 2.05) is 0 Å². The lowest BCUT2D eigenvalue weighted by atomic mass is 9.47. The summed E-state index contributed by atoms with van der Waals surface area (Å²) in [5.74, 6) is 0.128. The molecule has 9 rings (SSSR count). The Kier molecular flexibility index (Phi) is 20.5. The molecule has 83 heavy (non-hydrogen) atoms. The largest absolute Gasteiger partial charge is 0.397 e. The Labute approximate surface area is 484 Å². The number of fused-ring (bicyclic) bond motifs is 5. The minimum atomic E-state index is -4.85. The van der Waals surface area contributed by atoms with E-state index in [9.17, 15) is 74.2 Å². The van der Waals surface area contributed by atoms with Crippen LogP contribution in [0.2, 0.25) is 0 Å². The fraction of sp³-hybridized carbons (Fsp3) is 0.929. The van der Waals surface area contributed by atoms with Gasteiger partial charge in [0.1, 0.15) is 91.6 Å². The number of rotatable bonds is 17. The maximum absolute atomic E-state index is 12.4. The van der Waals surface area contributed by atoms with Gasteiger partial charge in [-0.15, -0.1) is 0 Å². The van der Waals surface area contributed by atoms with E-state index in [1.165, 1.54) is 33.3 Å². The summed E-state index contributed by atoms with van der Waals surface area (Å²) in [5.41, 5.74) is 1.46. The van der Waals surface area contributed by atoms with Gasteiger partial charge in [0.2, 0.25) is 0 Å². The van der Waals surface area contributed by atoms with E-state index in [4.69, 9.17) is 51.6 Å². The Morgan fingerprint density at radius 2 is 1.13 bits per heavy atom. The van der Waals surface area contributed by atoms with E-state index in [2.05, 4.69) is 40.3 Å². The zero-order chi connectivity index (χ0) is 60.7. The molecular formula is C56H92O26S. The summed E-state index contributed by atoms with van der Waals surface area (Å²) in [6, 6.07) is 0. The van der Waals surface area contributed by atoms with Crippen molar-refractivity contribution in [1.82, 2.24) is 0 Å². The van der Waals surface area contributed by atoms with Crippen molar-refractivity contribution in [1.29, 1.82) is 0 Å². The first kappa shape index (κ1) is 65.9. The summed E-state index contributed by atoms with van der Waals surface area (Å²) < 4.78 is 101. The number of hydrogen-bond donors (Lipinski definition) is 13. The van der Waals surface area contributed by atoms with Gasteiger partial charge in [0, 0.05) is 0 Å². The molecular weight excluding hydrogens is 1120 g/mol. The molecule has 5 aliphatic heterocycles. The van der Waals surface area contributed by atoms with E-state index in [1.54, 1.807) is 0 Å². The number of ether oxygens (including phenoxy) is 10. The monoisotopic (exact) mass is 1210 g/mol. The van der Waals surface area contributed by atoms with Crippen LogP contribution in [0.1, 0.15) is 113 Å². The van der Waals surface area contributed by atoms with E-state index in [-0.39, 0.29) is 29.6 Å². The van der Waals surface area contributed by atoms with Gasteiger partial charge in [0.25, 0.3) is 0 Å². The highest BCUT2D eigenvalue weighted by molar-refractivity contribution is 7.80. The zero-order valence-electron chi connectivity index (χ0n) is 48.4. The summed E-state index contributed by atoms with van der Waals surface area (Å²) in [6.45, 7) is 18.2. The standard InChI is InChI=1S/C56H92O26S/c1-21(2)16-27(57)17-22(3)30-10-11-31-29-19-34(33-18-28(82-83(69,70)71)12-14-56(33,9)32(29)13-15-55(30,31)8)77-52-46(68)47(39(61)26(7)75-52)79-53-48(80-50-44(66)41(63)36(58)23(4)73-50)40(62)35(20-72-53)78-54-49(43(65)38(60)25(6)76-54)81-51-45(67)42(64)37(59)24(5)74-51/h13,21,23-31,33-54,57-68H,3,10-12,14-20H2,1-2,4-9H3,(H,69,70,71)/t23-,24-,25-,26-,27+,28+,29+,30-,31+,33-,34+,35-,36-,37+,38+,39-,40+,41+,42+,43+,44-,45-,46-,47+,48-,49-,50+,51+,52+,53+,54+,55-,56-/m1/s1. The highest BCUT2D eigenvalue weighted by Gasteiger charge is 2.62. The molecule has 8 fully saturated rings. The third kappa shape index (κ3) is 13.2. The van der Waals surface area contributed by atoms with Crippen molar-refractivity contribution in [2.24, 2.45) is 40.4 Å². The lowest BCUT2D eigenvalue weighted by molar-refractivity contribution is -0.397. The molecule has 4 aliphatic carbocycles. The summed E-state index contributed by atoms with van der Waals surface area (Å²) in [6.07, 6.45) is -33.7. The lowest BCUT2D eigenvalue weighted by Crippen LogP contribution is -2.66. The SMILES string of the molecule is C=C(C[C@@H](O)CC(C)C)[C@H]1CC[C@H]2[C@@H]3C[C@H](O[C@@H]4O[C@H](C)[C@@H](O)[C@H](O[C@@H]5OC[C@@H](O[C@@H]6O[C@H](C)[C@H](O)[C@H](O)[C@H]6O[C@@H]6O[C@H](C)[C@H](O)[C@H](O)[C@H]6O)[C@H](O)[C@H]5O[C@@H]5O[C@H](C)[C@@H](O)[C@H](O)[C@H]5O)[C@H]4O)[C@H]4C[C@@H](OS(=O)(=O)O)CC[C@]4(C)C3=CC[C@]12C. The summed E-state index contributed by atoms with van der Waals surface area (Å²) in [7, 11) is -4.85. The van der Waals surface area contributed by atoms with Gasteiger partial charge in [-0.05, 0) is 126 Å². The second-order valence-corrected chi connectivity index (χ2v) is 27.2. The molecule has 26 nitrogen and oxygen atoms in total. The molecule has 13 N–H and O–H groups in total. The number of aliphatic hydroxyl groups excluding tert-OH is 12. The number of hydrogen-bond acceptors (Lipinski definition) is 25. The fourth-order valence-electron chi connectivity index (χ4n) is 15.4. The third-order valence-electron chi connectivity index (χ3n) is 20.0. The molecule has 5 saturated heterocycles. The fourth-order valence-corrected chi connectivity index (χ4v) is 15.9. The van der Waals surface area contributed by atoms with Crippen LogP contribution in [0, 0.1) is 40.4 Å². The predicted molar refractivity (Wildman–Crippen MR) is 284 cm³/mol. The molecule has 0 aromatic heterocycles.